The van der Waals surface area contributed by atoms with Crippen molar-refractivity contribution in [3.63, 3.8) is 0 Å². The highest BCUT2D eigenvalue weighted by atomic mass is 16.6. The molecule has 0 spiro atoms. The summed E-state index contributed by atoms with van der Waals surface area (Å²) in [4.78, 5) is 31.1. The fourth-order valence-electron chi connectivity index (χ4n) is 4.99. The van der Waals surface area contributed by atoms with E-state index in [9.17, 15) is 14.7 Å². The Morgan fingerprint density at radius 3 is 2.71 bits per heavy atom. The van der Waals surface area contributed by atoms with E-state index in [2.05, 4.69) is 10.3 Å². The predicted octanol–water partition coefficient (Wildman–Crippen LogP) is 1.51. The molecule has 2 saturated heterocycles. The van der Waals surface area contributed by atoms with E-state index in [0.717, 1.165) is 16.9 Å². The van der Waals surface area contributed by atoms with Crippen molar-refractivity contribution in [1.82, 2.24) is 9.88 Å². The molecule has 0 bridgehead atoms. The minimum absolute atomic E-state index is 0.0274. The Labute approximate surface area is 198 Å². The van der Waals surface area contributed by atoms with Gasteiger partial charge in [0, 0.05) is 42.7 Å². The maximum absolute atomic E-state index is 12.8. The number of rotatable bonds is 6. The number of fused-ring (bicyclic) bond motifs is 3. The van der Waals surface area contributed by atoms with Gasteiger partial charge in [-0.15, -0.1) is 0 Å². The highest BCUT2D eigenvalue weighted by Gasteiger charge is 2.46. The topological polar surface area (TPSA) is 110 Å². The van der Waals surface area contributed by atoms with E-state index in [4.69, 9.17) is 14.2 Å². The van der Waals surface area contributed by atoms with Gasteiger partial charge in [0.1, 0.15) is 18.0 Å². The van der Waals surface area contributed by atoms with E-state index in [1.807, 2.05) is 35.2 Å². The minimum Gasteiger partial charge on any atom is -0.487 e. The van der Waals surface area contributed by atoms with Gasteiger partial charge < -0.3 is 29.5 Å². The van der Waals surface area contributed by atoms with Crippen molar-refractivity contribution in [3.05, 3.63) is 53.9 Å². The number of carbonyl (C=O) groups excluding carboxylic acids is 2. The van der Waals surface area contributed by atoms with Crippen molar-refractivity contribution in [3.8, 4) is 5.75 Å². The molecule has 2 aromatic rings. The van der Waals surface area contributed by atoms with E-state index in [0.29, 0.717) is 38.4 Å². The van der Waals surface area contributed by atoms with E-state index in [-0.39, 0.29) is 49.4 Å². The highest BCUT2D eigenvalue weighted by Crippen LogP contribution is 2.47. The fourth-order valence-corrected chi connectivity index (χ4v) is 4.99. The normalized spacial score (nSPS) is 25.7. The molecule has 3 aliphatic heterocycles. The van der Waals surface area contributed by atoms with Crippen LogP contribution in [-0.4, -0.2) is 78.0 Å². The summed E-state index contributed by atoms with van der Waals surface area (Å²) >= 11 is 0. The highest BCUT2D eigenvalue weighted by molar-refractivity contribution is 5.92. The zero-order valence-corrected chi connectivity index (χ0v) is 18.9. The minimum atomic E-state index is -0.515. The monoisotopic (exact) mass is 467 g/mol. The second-order valence-electron chi connectivity index (χ2n) is 8.93. The van der Waals surface area contributed by atoms with Crippen molar-refractivity contribution in [1.29, 1.82) is 0 Å². The lowest BCUT2D eigenvalue weighted by molar-refractivity contribution is -0.151. The number of nitrogens with zero attached hydrogens (tertiary/aromatic N) is 2. The van der Waals surface area contributed by atoms with Crippen LogP contribution in [0, 0.1) is 0 Å². The first-order chi connectivity index (χ1) is 16.6. The lowest BCUT2D eigenvalue weighted by atomic mass is 9.84. The van der Waals surface area contributed by atoms with Crippen LogP contribution >= 0.6 is 0 Å². The molecule has 9 heteroatoms. The first-order valence-electron chi connectivity index (χ1n) is 11.7. The number of ether oxygens (including phenoxy) is 3. The van der Waals surface area contributed by atoms with Crippen LogP contribution in [0.1, 0.15) is 29.9 Å². The molecule has 0 radical (unpaired) electrons. The Morgan fingerprint density at radius 1 is 1.15 bits per heavy atom. The van der Waals surface area contributed by atoms with Gasteiger partial charge in [0.25, 0.3) is 0 Å². The number of pyridine rings is 1. The molecule has 9 nitrogen and oxygen atoms in total. The maximum Gasteiger partial charge on any atom is 0.228 e. The molecule has 2 N–H and O–H groups in total. The van der Waals surface area contributed by atoms with Crippen molar-refractivity contribution in [2.75, 3.05) is 38.2 Å². The summed E-state index contributed by atoms with van der Waals surface area (Å²) in [5.74, 6) is 0.625. The fraction of sp³-hybridized carbons (Fsp3) is 0.480. The second kappa shape index (κ2) is 10.1. The largest absolute Gasteiger partial charge is 0.487 e. The molecule has 4 heterocycles. The summed E-state index contributed by atoms with van der Waals surface area (Å²) < 4.78 is 17.5. The number of nitrogens with one attached hydrogen (secondary N) is 1. The predicted molar refractivity (Wildman–Crippen MR) is 123 cm³/mol. The molecular formula is C25H29N3O6. The molecule has 1 aromatic carbocycles. The summed E-state index contributed by atoms with van der Waals surface area (Å²) in [5, 5.41) is 12.9. The SMILES string of the molecule is O=C(Cc1ccncc1)Nc1ccc2c(c1)[C@@H]1C[C@H](CC(=O)N3CCOCC3)O[C@@H](CO)[C@@H]1O2. The van der Waals surface area contributed by atoms with E-state index in [1.165, 1.54) is 0 Å². The van der Waals surface area contributed by atoms with Crippen molar-refractivity contribution in [2.45, 2.75) is 43.5 Å². The van der Waals surface area contributed by atoms with E-state index in [1.54, 1.807) is 12.4 Å². The van der Waals surface area contributed by atoms with Gasteiger partial charge >= 0.3 is 0 Å². The lowest BCUT2D eigenvalue weighted by Gasteiger charge is -2.38. The van der Waals surface area contributed by atoms with Crippen LogP contribution in [-0.2, 0) is 25.5 Å². The molecule has 0 aliphatic carbocycles. The Hall–Kier alpha value is -3.01. The number of benzene rings is 1. The maximum atomic E-state index is 12.8. The number of aliphatic hydroxyl groups is 1. The molecular weight excluding hydrogens is 438 g/mol. The van der Waals surface area contributed by atoms with Gasteiger partial charge in [0.05, 0.1) is 38.8 Å². The van der Waals surface area contributed by atoms with Gasteiger partial charge in [-0.2, -0.15) is 0 Å². The van der Waals surface area contributed by atoms with Crippen LogP contribution in [0.15, 0.2) is 42.7 Å². The van der Waals surface area contributed by atoms with Gasteiger partial charge in [0.15, 0.2) is 0 Å². The van der Waals surface area contributed by atoms with Crippen LogP contribution in [0.2, 0.25) is 0 Å². The Bertz CT molecular complexity index is 1030. The number of aromatic nitrogens is 1. The third-order valence-electron chi connectivity index (χ3n) is 6.66. The van der Waals surface area contributed by atoms with Crippen LogP contribution in [0.5, 0.6) is 5.75 Å². The van der Waals surface area contributed by atoms with Gasteiger partial charge in [-0.3, -0.25) is 14.6 Å². The molecule has 4 atom stereocenters. The summed E-state index contributed by atoms with van der Waals surface area (Å²) in [5.41, 5.74) is 2.55. The van der Waals surface area contributed by atoms with Gasteiger partial charge in [0.2, 0.25) is 11.8 Å². The molecule has 0 saturated carbocycles. The molecule has 2 fully saturated rings. The van der Waals surface area contributed by atoms with Gasteiger partial charge in [-0.1, -0.05) is 0 Å². The lowest BCUT2D eigenvalue weighted by Crippen LogP contribution is -2.48. The van der Waals surface area contributed by atoms with Crippen LogP contribution in [0.4, 0.5) is 5.69 Å². The summed E-state index contributed by atoms with van der Waals surface area (Å²) in [6, 6.07) is 9.23. The number of anilines is 1. The Balaban J connectivity index is 1.28. The molecule has 180 valence electrons. The molecule has 3 aliphatic rings. The summed E-state index contributed by atoms with van der Waals surface area (Å²) in [7, 11) is 0. The van der Waals surface area contributed by atoms with Crippen molar-refractivity contribution in [2.24, 2.45) is 0 Å². The summed E-state index contributed by atoms with van der Waals surface area (Å²) in [6.07, 6.45) is 3.31. The van der Waals surface area contributed by atoms with Gasteiger partial charge in [-0.25, -0.2) is 0 Å². The Morgan fingerprint density at radius 2 is 1.94 bits per heavy atom. The number of hydrogen-bond acceptors (Lipinski definition) is 7. The number of carbonyl (C=O) groups is 2. The van der Waals surface area contributed by atoms with Crippen LogP contribution < -0.4 is 10.1 Å². The number of amides is 2. The zero-order valence-electron chi connectivity index (χ0n) is 18.9. The second-order valence-corrected chi connectivity index (χ2v) is 8.93. The molecule has 0 unspecified atom stereocenters. The molecule has 5 rings (SSSR count). The average molecular weight is 468 g/mol. The third kappa shape index (κ3) is 4.91. The zero-order chi connectivity index (χ0) is 23.5. The first kappa shape index (κ1) is 22.8. The van der Waals surface area contributed by atoms with Crippen LogP contribution in [0.3, 0.4) is 0 Å². The number of morpholine rings is 1. The third-order valence-corrected chi connectivity index (χ3v) is 6.66. The van der Waals surface area contributed by atoms with Crippen LogP contribution in [0.25, 0.3) is 0 Å². The molecule has 34 heavy (non-hydrogen) atoms. The van der Waals surface area contributed by atoms with E-state index < -0.39 is 6.10 Å². The summed E-state index contributed by atoms with van der Waals surface area (Å²) in [6.45, 7) is 2.11. The quantitative estimate of drug-likeness (QED) is 0.663. The average Bonchev–Trinajstić information content (AvgIpc) is 3.22. The Kier molecular flexibility index (Phi) is 6.75. The number of aliphatic hydroxyl groups excluding tert-OH is 1. The first-order valence-corrected chi connectivity index (χ1v) is 11.7. The van der Waals surface area contributed by atoms with E-state index >= 15 is 0 Å². The van der Waals surface area contributed by atoms with Crippen molar-refractivity contribution >= 4 is 17.5 Å². The van der Waals surface area contributed by atoms with Crippen molar-refractivity contribution < 1.29 is 28.9 Å². The standard InChI is InChI=1S/C25H29N3O6/c29-15-22-25-20(13-18(33-22)14-24(31)28-7-9-32-10-8-28)19-12-17(1-2-21(19)34-25)27-23(30)11-16-3-5-26-6-4-16/h1-6,12,18,20,22,25,29H,7-11,13-15H2,(H,27,30)/t18-,20+,22+,25-/m1/s1. The number of hydrogen-bond donors (Lipinski definition) is 2. The molecule has 2 amide bonds. The molecule has 1 aromatic heterocycles. The smallest absolute Gasteiger partial charge is 0.228 e. The van der Waals surface area contributed by atoms with Gasteiger partial charge in [-0.05, 0) is 42.3 Å².